The summed E-state index contributed by atoms with van der Waals surface area (Å²) in [6.07, 6.45) is 2.87. The van der Waals surface area contributed by atoms with E-state index in [1.54, 1.807) is 13.0 Å². The van der Waals surface area contributed by atoms with E-state index in [2.05, 4.69) is 0 Å². The molecule has 0 N–H and O–H groups in total. The van der Waals surface area contributed by atoms with Gasteiger partial charge in [0.1, 0.15) is 0 Å². The summed E-state index contributed by atoms with van der Waals surface area (Å²) in [6.45, 7) is 1.56. The van der Waals surface area contributed by atoms with Gasteiger partial charge in [-0.05, 0) is 29.9 Å². The van der Waals surface area contributed by atoms with Crippen LogP contribution in [0.1, 0.15) is 13.3 Å². The fourth-order valence-corrected chi connectivity index (χ4v) is 2.29. The van der Waals surface area contributed by atoms with E-state index in [9.17, 15) is 10.1 Å². The summed E-state index contributed by atoms with van der Waals surface area (Å²) in [6, 6.07) is 0. The maximum atomic E-state index is 10.2. The van der Waals surface area contributed by atoms with E-state index in [4.69, 9.17) is 0 Å². The minimum Gasteiger partial charge on any atom is -0.259 e. The van der Waals surface area contributed by atoms with E-state index in [-0.39, 0.29) is 10.6 Å². The lowest BCUT2D eigenvalue weighted by Crippen LogP contribution is -1.99. The van der Waals surface area contributed by atoms with Gasteiger partial charge >= 0.3 is 0 Å². The van der Waals surface area contributed by atoms with Crippen LogP contribution in [-0.4, -0.2) is 16.4 Å². The van der Waals surface area contributed by atoms with Crippen LogP contribution in [0, 0.1) is 16.0 Å². The van der Waals surface area contributed by atoms with Crippen LogP contribution < -0.4 is 0 Å². The Morgan fingerprint density at radius 2 is 2.55 bits per heavy atom. The molecule has 11 heavy (non-hydrogen) atoms. The van der Waals surface area contributed by atoms with Crippen molar-refractivity contribution < 1.29 is 4.92 Å². The predicted octanol–water partition coefficient (Wildman–Crippen LogP) is 1.92. The van der Waals surface area contributed by atoms with Gasteiger partial charge in [0.05, 0.1) is 4.92 Å². The minimum absolute atomic E-state index is 0.289. The van der Waals surface area contributed by atoms with Crippen LogP contribution >= 0.6 is 11.8 Å². The largest absolute Gasteiger partial charge is 0.259 e. The Morgan fingerprint density at radius 1 is 1.82 bits per heavy atom. The zero-order valence-electron chi connectivity index (χ0n) is 6.45. The maximum absolute atomic E-state index is 10.2. The summed E-state index contributed by atoms with van der Waals surface area (Å²) in [5, 5.41) is 10.2. The number of hydrogen-bond acceptors (Lipinski definition) is 3. The third kappa shape index (κ3) is 2.54. The molecular formula is C7H11NO2S. The summed E-state index contributed by atoms with van der Waals surface area (Å²) in [4.78, 5) is 9.90. The van der Waals surface area contributed by atoms with Crippen molar-refractivity contribution in [2.45, 2.75) is 13.3 Å². The standard InChI is InChI=1S/C7H11NO2S/c1-6(8(9)10)4-7-2-3-11-5-7/h4,7H,2-3,5H2,1H3/b6-4+. The molecular weight excluding hydrogens is 162 g/mol. The van der Waals surface area contributed by atoms with Crippen LogP contribution in [0.4, 0.5) is 0 Å². The summed E-state index contributed by atoms with van der Waals surface area (Å²) in [5.41, 5.74) is 0.289. The molecule has 1 heterocycles. The highest BCUT2D eigenvalue weighted by Crippen LogP contribution is 2.25. The molecule has 1 aliphatic heterocycles. The van der Waals surface area contributed by atoms with Gasteiger partial charge in [-0.3, -0.25) is 10.1 Å². The van der Waals surface area contributed by atoms with E-state index < -0.39 is 0 Å². The first kappa shape index (κ1) is 8.59. The highest BCUT2D eigenvalue weighted by Gasteiger charge is 2.15. The first-order chi connectivity index (χ1) is 5.20. The average Bonchev–Trinajstić information content (AvgIpc) is 2.39. The molecule has 0 bridgehead atoms. The van der Waals surface area contributed by atoms with Gasteiger partial charge in [0, 0.05) is 6.92 Å². The van der Waals surface area contributed by atoms with Crippen LogP contribution in [0.3, 0.4) is 0 Å². The van der Waals surface area contributed by atoms with E-state index in [1.807, 2.05) is 11.8 Å². The third-order valence-corrected chi connectivity index (χ3v) is 2.92. The van der Waals surface area contributed by atoms with Crippen LogP contribution in [0.25, 0.3) is 0 Å². The molecule has 4 heteroatoms. The van der Waals surface area contributed by atoms with Crippen LogP contribution in [-0.2, 0) is 0 Å². The summed E-state index contributed by atoms with van der Waals surface area (Å²) in [5.74, 6) is 2.63. The average molecular weight is 173 g/mol. The quantitative estimate of drug-likeness (QED) is 0.473. The second-order valence-corrected chi connectivity index (χ2v) is 3.84. The Kier molecular flexibility index (Phi) is 2.93. The fraction of sp³-hybridized carbons (Fsp3) is 0.714. The van der Waals surface area contributed by atoms with Gasteiger partial charge in [-0.1, -0.05) is 0 Å². The summed E-state index contributed by atoms with van der Waals surface area (Å²) in [7, 11) is 0. The first-order valence-corrected chi connectivity index (χ1v) is 4.76. The lowest BCUT2D eigenvalue weighted by molar-refractivity contribution is -0.424. The monoisotopic (exact) mass is 173 g/mol. The van der Waals surface area contributed by atoms with Gasteiger partial charge in [-0.2, -0.15) is 11.8 Å². The van der Waals surface area contributed by atoms with Gasteiger partial charge in [-0.25, -0.2) is 0 Å². The van der Waals surface area contributed by atoms with Crippen molar-refractivity contribution in [2.75, 3.05) is 11.5 Å². The highest BCUT2D eigenvalue weighted by molar-refractivity contribution is 7.99. The van der Waals surface area contributed by atoms with Crippen molar-refractivity contribution in [3.05, 3.63) is 21.9 Å². The van der Waals surface area contributed by atoms with Crippen molar-refractivity contribution in [3.63, 3.8) is 0 Å². The van der Waals surface area contributed by atoms with Gasteiger partial charge in [0.15, 0.2) is 0 Å². The zero-order chi connectivity index (χ0) is 8.27. The lowest BCUT2D eigenvalue weighted by atomic mass is 10.1. The van der Waals surface area contributed by atoms with E-state index >= 15 is 0 Å². The molecule has 0 saturated carbocycles. The number of hydrogen-bond donors (Lipinski definition) is 0. The smallest absolute Gasteiger partial charge is 0.239 e. The number of thioether (sulfide) groups is 1. The lowest BCUT2D eigenvalue weighted by Gasteiger charge is -1.97. The number of nitro groups is 1. The Balaban J connectivity index is 2.49. The van der Waals surface area contributed by atoms with E-state index in [0.717, 1.165) is 17.9 Å². The van der Waals surface area contributed by atoms with Crippen molar-refractivity contribution in [1.29, 1.82) is 0 Å². The van der Waals surface area contributed by atoms with E-state index in [0.29, 0.717) is 5.92 Å². The van der Waals surface area contributed by atoms with Gasteiger partial charge in [0.25, 0.3) is 0 Å². The van der Waals surface area contributed by atoms with Crippen molar-refractivity contribution in [1.82, 2.24) is 0 Å². The zero-order valence-corrected chi connectivity index (χ0v) is 7.26. The van der Waals surface area contributed by atoms with Gasteiger partial charge < -0.3 is 0 Å². The Morgan fingerprint density at radius 3 is 3.00 bits per heavy atom. The first-order valence-electron chi connectivity index (χ1n) is 3.60. The molecule has 0 aromatic heterocycles. The van der Waals surface area contributed by atoms with E-state index in [1.165, 1.54) is 0 Å². The SMILES string of the molecule is C/C(=C\C1CCSC1)[N+](=O)[O-]. The molecule has 0 spiro atoms. The molecule has 1 aliphatic rings. The predicted molar refractivity (Wildman–Crippen MR) is 46.2 cm³/mol. The molecule has 1 saturated heterocycles. The van der Waals surface area contributed by atoms with Crippen LogP contribution in [0.2, 0.25) is 0 Å². The Hall–Kier alpha value is -0.510. The Labute approximate surface area is 70.0 Å². The molecule has 0 aromatic rings. The summed E-state index contributed by atoms with van der Waals surface area (Å²) >= 11 is 1.87. The molecule has 0 radical (unpaired) electrons. The molecule has 0 aliphatic carbocycles. The topological polar surface area (TPSA) is 43.1 Å². The van der Waals surface area contributed by atoms with Crippen molar-refractivity contribution in [3.8, 4) is 0 Å². The number of nitrogens with zero attached hydrogens (tertiary/aromatic N) is 1. The second kappa shape index (κ2) is 3.76. The maximum Gasteiger partial charge on any atom is 0.239 e. The van der Waals surface area contributed by atoms with Gasteiger partial charge in [0.2, 0.25) is 5.70 Å². The molecule has 0 aromatic carbocycles. The molecule has 1 atom stereocenters. The van der Waals surface area contributed by atoms with Crippen molar-refractivity contribution >= 4 is 11.8 Å². The molecule has 1 fully saturated rings. The molecule has 3 nitrogen and oxygen atoms in total. The molecule has 1 unspecified atom stereocenters. The molecule has 1 rings (SSSR count). The second-order valence-electron chi connectivity index (χ2n) is 2.69. The fourth-order valence-electron chi connectivity index (χ4n) is 1.09. The number of allylic oxidation sites excluding steroid dienone is 2. The normalized spacial score (nSPS) is 25.5. The molecule has 62 valence electrons. The van der Waals surface area contributed by atoms with Gasteiger partial charge in [-0.15, -0.1) is 0 Å². The Bertz CT molecular complexity index is 185. The molecule has 0 amide bonds. The van der Waals surface area contributed by atoms with Crippen molar-refractivity contribution in [2.24, 2.45) is 5.92 Å². The number of rotatable bonds is 2. The third-order valence-electron chi connectivity index (χ3n) is 1.73. The highest BCUT2D eigenvalue weighted by atomic mass is 32.2. The minimum atomic E-state index is -0.316. The summed E-state index contributed by atoms with van der Waals surface area (Å²) < 4.78 is 0. The van der Waals surface area contributed by atoms with Crippen LogP contribution in [0.5, 0.6) is 0 Å². The van der Waals surface area contributed by atoms with Crippen LogP contribution in [0.15, 0.2) is 11.8 Å².